The summed E-state index contributed by atoms with van der Waals surface area (Å²) in [6, 6.07) is 15.5. The number of fused-ring (bicyclic) bond motifs is 1. The van der Waals surface area contributed by atoms with Gasteiger partial charge in [0.05, 0.1) is 5.41 Å². The number of anilines is 1. The summed E-state index contributed by atoms with van der Waals surface area (Å²) < 4.78 is 0. The standard InChI is InChI=1S/C25H31NO2/c1-23(2)11-12-24(3,4)21-14-18(9-10-20(21)23)17-7-6-8-19(13-17)26-15-25(5,16-26)22(27)28/h6-10,13-14H,11-12,15-16H2,1-5H3,(H,27,28). The number of rotatable bonds is 3. The summed E-state index contributed by atoms with van der Waals surface area (Å²) in [6.45, 7) is 12.4. The van der Waals surface area contributed by atoms with Crippen molar-refractivity contribution >= 4 is 11.7 Å². The van der Waals surface area contributed by atoms with Gasteiger partial charge in [-0.2, -0.15) is 0 Å². The van der Waals surface area contributed by atoms with Crippen molar-refractivity contribution in [3.8, 4) is 11.1 Å². The fourth-order valence-corrected chi connectivity index (χ4v) is 4.76. The summed E-state index contributed by atoms with van der Waals surface area (Å²) in [7, 11) is 0. The van der Waals surface area contributed by atoms with E-state index in [1.165, 1.54) is 35.1 Å². The van der Waals surface area contributed by atoms with Crippen molar-refractivity contribution in [2.75, 3.05) is 18.0 Å². The molecule has 0 radical (unpaired) electrons. The van der Waals surface area contributed by atoms with Crippen LogP contribution in [0.4, 0.5) is 5.69 Å². The van der Waals surface area contributed by atoms with Crippen molar-refractivity contribution in [1.29, 1.82) is 0 Å². The Bertz CT molecular complexity index is 935. The molecule has 148 valence electrons. The third-order valence-corrected chi connectivity index (χ3v) is 6.99. The number of hydrogen-bond donors (Lipinski definition) is 1. The van der Waals surface area contributed by atoms with Crippen LogP contribution in [-0.2, 0) is 15.6 Å². The van der Waals surface area contributed by atoms with Gasteiger partial charge in [0.15, 0.2) is 0 Å². The summed E-state index contributed by atoms with van der Waals surface area (Å²) in [5, 5.41) is 9.37. The second-order valence-corrected chi connectivity index (χ2v) is 10.3. The Hall–Kier alpha value is -2.29. The number of aliphatic carboxylic acids is 1. The van der Waals surface area contributed by atoms with Crippen LogP contribution in [0, 0.1) is 5.41 Å². The Morgan fingerprint density at radius 2 is 1.46 bits per heavy atom. The number of nitrogens with zero attached hydrogens (tertiary/aromatic N) is 1. The maximum atomic E-state index is 11.4. The van der Waals surface area contributed by atoms with E-state index in [1.807, 2.05) is 6.92 Å². The van der Waals surface area contributed by atoms with Gasteiger partial charge in [-0.25, -0.2) is 0 Å². The summed E-state index contributed by atoms with van der Waals surface area (Å²) in [4.78, 5) is 13.5. The Morgan fingerprint density at radius 1 is 0.857 bits per heavy atom. The summed E-state index contributed by atoms with van der Waals surface area (Å²) in [5.74, 6) is -0.709. The van der Waals surface area contributed by atoms with Crippen LogP contribution in [0.5, 0.6) is 0 Å². The van der Waals surface area contributed by atoms with E-state index in [0.29, 0.717) is 13.1 Å². The molecule has 1 aliphatic carbocycles. The normalized spacial score (nSPS) is 21.5. The molecule has 0 amide bonds. The summed E-state index contributed by atoms with van der Waals surface area (Å²) in [5.41, 5.74) is 6.28. The lowest BCUT2D eigenvalue weighted by Gasteiger charge is -2.46. The fraction of sp³-hybridized carbons (Fsp3) is 0.480. The monoisotopic (exact) mass is 377 g/mol. The lowest BCUT2D eigenvalue weighted by Crippen LogP contribution is -2.59. The molecule has 3 nitrogen and oxygen atoms in total. The lowest BCUT2D eigenvalue weighted by molar-refractivity contribution is -0.149. The van der Waals surface area contributed by atoms with E-state index in [0.717, 1.165) is 5.69 Å². The number of benzene rings is 2. The number of carboxylic acids is 1. The minimum absolute atomic E-state index is 0.194. The van der Waals surface area contributed by atoms with Gasteiger partial charge in [0.1, 0.15) is 0 Å². The van der Waals surface area contributed by atoms with Crippen LogP contribution in [0.25, 0.3) is 11.1 Å². The predicted molar refractivity (Wildman–Crippen MR) is 115 cm³/mol. The summed E-state index contributed by atoms with van der Waals surface area (Å²) >= 11 is 0. The molecule has 2 aromatic carbocycles. The van der Waals surface area contributed by atoms with Gasteiger partial charge in [-0.05, 0) is 65.0 Å². The molecule has 1 aliphatic heterocycles. The van der Waals surface area contributed by atoms with Crippen molar-refractivity contribution in [3.63, 3.8) is 0 Å². The first-order valence-corrected chi connectivity index (χ1v) is 10.3. The topological polar surface area (TPSA) is 40.5 Å². The zero-order chi connectivity index (χ0) is 20.3. The smallest absolute Gasteiger partial charge is 0.312 e. The van der Waals surface area contributed by atoms with Crippen LogP contribution in [0.15, 0.2) is 42.5 Å². The summed E-state index contributed by atoms with van der Waals surface area (Å²) in [6.07, 6.45) is 2.43. The maximum absolute atomic E-state index is 11.4. The average molecular weight is 378 g/mol. The average Bonchev–Trinajstić information content (AvgIpc) is 2.62. The van der Waals surface area contributed by atoms with Gasteiger partial charge in [-0.15, -0.1) is 0 Å². The number of hydrogen-bond acceptors (Lipinski definition) is 2. The van der Waals surface area contributed by atoms with Gasteiger partial charge >= 0.3 is 5.97 Å². The van der Waals surface area contributed by atoms with Crippen molar-refractivity contribution < 1.29 is 9.90 Å². The van der Waals surface area contributed by atoms with Crippen LogP contribution in [0.1, 0.15) is 58.6 Å². The van der Waals surface area contributed by atoms with Crippen LogP contribution < -0.4 is 4.90 Å². The molecule has 1 fully saturated rings. The highest BCUT2D eigenvalue weighted by Gasteiger charge is 2.45. The zero-order valence-corrected chi connectivity index (χ0v) is 17.7. The van der Waals surface area contributed by atoms with E-state index < -0.39 is 11.4 Å². The van der Waals surface area contributed by atoms with Gasteiger partial charge in [0, 0.05) is 18.8 Å². The number of carboxylic acid groups (broad SMARTS) is 1. The van der Waals surface area contributed by atoms with Gasteiger partial charge < -0.3 is 10.0 Å². The van der Waals surface area contributed by atoms with E-state index in [2.05, 4.69) is 75.1 Å². The van der Waals surface area contributed by atoms with Crippen LogP contribution >= 0.6 is 0 Å². The second kappa shape index (κ2) is 6.10. The minimum Gasteiger partial charge on any atom is -0.481 e. The molecule has 2 aliphatic rings. The second-order valence-electron chi connectivity index (χ2n) is 10.3. The molecule has 0 aromatic heterocycles. The zero-order valence-electron chi connectivity index (χ0n) is 17.7. The molecule has 1 heterocycles. The Labute approximate surface area is 168 Å². The van der Waals surface area contributed by atoms with Gasteiger partial charge in [-0.3, -0.25) is 4.79 Å². The van der Waals surface area contributed by atoms with Crippen molar-refractivity contribution in [2.45, 2.75) is 58.3 Å². The first-order valence-electron chi connectivity index (χ1n) is 10.3. The highest BCUT2D eigenvalue weighted by atomic mass is 16.4. The lowest BCUT2D eigenvalue weighted by atomic mass is 9.63. The molecule has 4 rings (SSSR count). The molecule has 1 N–H and O–H groups in total. The SMILES string of the molecule is CC1(C(=O)O)CN(c2cccc(-c3ccc4c(c3)C(C)(C)CCC4(C)C)c2)C1. The third-order valence-electron chi connectivity index (χ3n) is 6.99. The van der Waals surface area contributed by atoms with E-state index in [-0.39, 0.29) is 10.8 Å². The van der Waals surface area contributed by atoms with E-state index >= 15 is 0 Å². The van der Waals surface area contributed by atoms with E-state index in [9.17, 15) is 9.90 Å². The van der Waals surface area contributed by atoms with E-state index in [4.69, 9.17) is 0 Å². The van der Waals surface area contributed by atoms with Crippen LogP contribution in [0.3, 0.4) is 0 Å². The number of carbonyl (C=O) groups is 1. The molecule has 28 heavy (non-hydrogen) atoms. The van der Waals surface area contributed by atoms with Gasteiger partial charge in [0.25, 0.3) is 0 Å². The first kappa shape index (κ1) is 19.0. The van der Waals surface area contributed by atoms with Crippen molar-refractivity contribution in [3.05, 3.63) is 53.6 Å². The Kier molecular flexibility index (Phi) is 4.15. The molecule has 0 atom stereocenters. The van der Waals surface area contributed by atoms with Crippen LogP contribution in [0.2, 0.25) is 0 Å². The highest BCUT2D eigenvalue weighted by Crippen LogP contribution is 2.47. The molecular formula is C25H31NO2. The van der Waals surface area contributed by atoms with Crippen LogP contribution in [-0.4, -0.2) is 24.2 Å². The van der Waals surface area contributed by atoms with E-state index in [1.54, 1.807) is 0 Å². The Balaban J connectivity index is 1.67. The molecular weight excluding hydrogens is 346 g/mol. The molecule has 1 saturated heterocycles. The highest BCUT2D eigenvalue weighted by molar-refractivity contribution is 5.79. The largest absolute Gasteiger partial charge is 0.481 e. The minimum atomic E-state index is -0.709. The molecule has 0 spiro atoms. The third kappa shape index (κ3) is 3.01. The fourth-order valence-electron chi connectivity index (χ4n) is 4.76. The molecule has 0 bridgehead atoms. The molecule has 0 unspecified atom stereocenters. The molecule has 0 saturated carbocycles. The molecule has 3 heteroatoms. The maximum Gasteiger partial charge on any atom is 0.312 e. The Morgan fingerprint density at radius 3 is 2.11 bits per heavy atom. The molecule has 2 aromatic rings. The quantitative estimate of drug-likeness (QED) is 0.755. The first-order chi connectivity index (χ1) is 13.0. The van der Waals surface area contributed by atoms with Crippen molar-refractivity contribution in [2.24, 2.45) is 5.41 Å². The van der Waals surface area contributed by atoms with Gasteiger partial charge in [0.2, 0.25) is 0 Å². The predicted octanol–water partition coefficient (Wildman–Crippen LogP) is 5.61. The van der Waals surface area contributed by atoms with Crippen molar-refractivity contribution in [1.82, 2.24) is 0 Å². The van der Waals surface area contributed by atoms with Gasteiger partial charge in [-0.1, -0.05) is 58.0 Å².